The van der Waals surface area contributed by atoms with Gasteiger partial charge in [0.15, 0.2) is 11.6 Å². The topological polar surface area (TPSA) is 174 Å². The molecule has 2 saturated carbocycles. The van der Waals surface area contributed by atoms with Gasteiger partial charge in [0.25, 0.3) is 0 Å². The van der Waals surface area contributed by atoms with Gasteiger partial charge in [-0.2, -0.15) is 0 Å². The number of hydrogen-bond donors (Lipinski definition) is 4. The summed E-state index contributed by atoms with van der Waals surface area (Å²) in [4.78, 5) is 55.4. The minimum atomic E-state index is -1.13. The fourth-order valence-electron chi connectivity index (χ4n) is 4.66. The second-order valence-corrected chi connectivity index (χ2v) is 11.0. The predicted octanol–water partition coefficient (Wildman–Crippen LogP) is 4.00. The lowest BCUT2D eigenvalue weighted by molar-refractivity contribution is -0.136. The van der Waals surface area contributed by atoms with Crippen molar-refractivity contribution in [2.45, 2.75) is 79.1 Å². The molecule has 0 unspecified atom stereocenters. The summed E-state index contributed by atoms with van der Waals surface area (Å²) in [6, 6.07) is 0. The third-order valence-corrected chi connectivity index (χ3v) is 6.17. The van der Waals surface area contributed by atoms with Gasteiger partial charge in [0.1, 0.15) is 24.6 Å². The first kappa shape index (κ1) is 28.9. The Hall–Kier alpha value is -3.30. The Bertz CT molecular complexity index is 976. The fraction of sp³-hybridized carbons (Fsp3) is 0.615. The molecule has 10 nitrogen and oxygen atoms in total. The van der Waals surface area contributed by atoms with Crippen molar-refractivity contribution in [1.29, 1.82) is 0 Å². The fourth-order valence-corrected chi connectivity index (χ4v) is 4.66. The predicted molar refractivity (Wildman–Crippen MR) is 134 cm³/mol. The van der Waals surface area contributed by atoms with E-state index in [1.807, 2.05) is 27.7 Å². The van der Waals surface area contributed by atoms with Crippen LogP contribution < -0.4 is 0 Å². The number of rotatable bonds is 9. The van der Waals surface area contributed by atoms with Crippen LogP contribution in [0.25, 0.3) is 0 Å². The number of carbonyl (C=O) groups is 4. The van der Waals surface area contributed by atoms with Crippen LogP contribution in [0.15, 0.2) is 32.6 Å². The molecule has 0 aliphatic heterocycles. The third kappa shape index (κ3) is 8.13. The molecule has 2 aliphatic carbocycles. The van der Waals surface area contributed by atoms with Crippen molar-refractivity contribution in [3.8, 4) is 0 Å². The highest BCUT2D eigenvalue weighted by molar-refractivity contribution is 6.25. The number of aliphatic hydroxyl groups is 2. The molecular weight excluding hydrogens is 468 g/mol. The third-order valence-electron chi connectivity index (χ3n) is 6.17. The molecule has 10 heteroatoms. The first-order chi connectivity index (χ1) is 16.6. The number of carboxylic acid groups (broad SMARTS) is 2. The van der Waals surface area contributed by atoms with Crippen LogP contribution in [0.5, 0.6) is 0 Å². The summed E-state index contributed by atoms with van der Waals surface area (Å²) in [5.74, 6) is -3.16. The van der Waals surface area contributed by atoms with Crippen LogP contribution in [-0.2, 0) is 19.2 Å². The van der Waals surface area contributed by atoms with Crippen LogP contribution in [0.2, 0.25) is 0 Å². The zero-order chi connectivity index (χ0) is 27.3. The monoisotopic (exact) mass is 504 g/mol. The van der Waals surface area contributed by atoms with E-state index in [4.69, 9.17) is 10.2 Å². The second kappa shape index (κ2) is 11.6. The summed E-state index contributed by atoms with van der Waals surface area (Å²) in [6.07, 6.45) is 2.18. The molecule has 0 spiro atoms. The van der Waals surface area contributed by atoms with Gasteiger partial charge in [-0.1, -0.05) is 27.7 Å². The Labute approximate surface area is 210 Å². The zero-order valence-corrected chi connectivity index (χ0v) is 21.4. The van der Waals surface area contributed by atoms with Crippen molar-refractivity contribution >= 4 is 34.9 Å². The molecule has 0 bridgehead atoms. The van der Waals surface area contributed by atoms with Crippen molar-refractivity contribution in [3.63, 3.8) is 0 Å². The molecule has 0 aromatic rings. The molecule has 36 heavy (non-hydrogen) atoms. The largest absolute Gasteiger partial charge is 0.511 e. The van der Waals surface area contributed by atoms with Gasteiger partial charge in [-0.05, 0) is 36.5 Å². The Kier molecular flexibility index (Phi) is 9.34. The Morgan fingerprint density at radius 1 is 0.667 bits per heavy atom. The average Bonchev–Trinajstić information content (AvgIpc) is 2.71. The number of aliphatic hydroxyl groups excluding tert-OH is 2. The number of unbranched alkanes of at least 4 members (excludes halogenated alkanes) is 1. The van der Waals surface area contributed by atoms with Crippen LogP contribution in [0.1, 0.15) is 79.1 Å². The number of aliphatic imine (C=N–C) groups is 2. The van der Waals surface area contributed by atoms with Gasteiger partial charge in [-0.25, -0.2) is 0 Å². The number of nitrogens with zero attached hydrogens (tertiary/aromatic N) is 2. The highest BCUT2D eigenvalue weighted by atomic mass is 16.4. The molecule has 4 N–H and O–H groups in total. The summed E-state index contributed by atoms with van der Waals surface area (Å²) in [5, 5.41) is 39.2. The molecule has 0 radical (unpaired) electrons. The molecule has 198 valence electrons. The highest BCUT2D eigenvalue weighted by Gasteiger charge is 2.37. The van der Waals surface area contributed by atoms with Gasteiger partial charge in [0.2, 0.25) is 0 Å². The quantitative estimate of drug-likeness (QED) is 0.207. The van der Waals surface area contributed by atoms with Gasteiger partial charge < -0.3 is 20.4 Å². The van der Waals surface area contributed by atoms with Crippen molar-refractivity contribution in [3.05, 3.63) is 22.7 Å². The first-order valence-electron chi connectivity index (χ1n) is 12.0. The Morgan fingerprint density at radius 3 is 1.31 bits per heavy atom. The van der Waals surface area contributed by atoms with E-state index < -0.39 is 35.9 Å². The molecule has 0 aromatic carbocycles. The summed E-state index contributed by atoms with van der Waals surface area (Å²) < 4.78 is 0. The van der Waals surface area contributed by atoms with E-state index in [0.717, 1.165) is 0 Å². The van der Waals surface area contributed by atoms with E-state index in [1.54, 1.807) is 0 Å². The van der Waals surface area contributed by atoms with Crippen molar-refractivity contribution in [1.82, 2.24) is 0 Å². The van der Waals surface area contributed by atoms with Crippen LogP contribution in [0.4, 0.5) is 0 Å². The molecular formula is C26H36N2O8. The summed E-state index contributed by atoms with van der Waals surface area (Å²) >= 11 is 0. The van der Waals surface area contributed by atoms with Crippen LogP contribution in [0, 0.1) is 10.8 Å². The lowest BCUT2D eigenvalue weighted by Crippen LogP contribution is -2.33. The standard InChI is InChI=1S/C26H36N2O8/c1-25(2)9-15(27-13-21(33)34)23(19(31)11-25)17(29)7-5-6-8-18(30)24-16(28-14-22(35)36)10-26(3,4)12-20(24)32/h29-30H,5-14H2,1-4H3,(H,33,34)(H,35,36)/b23-17-,24-18+,27-15?,28-16?. The van der Waals surface area contributed by atoms with Gasteiger partial charge in [-0.3, -0.25) is 29.2 Å². The van der Waals surface area contributed by atoms with Crippen LogP contribution >= 0.6 is 0 Å². The Balaban J connectivity index is 2.15. The molecule has 2 rings (SSSR count). The minimum Gasteiger partial charge on any atom is -0.511 e. The molecule has 0 amide bonds. The van der Waals surface area contributed by atoms with E-state index in [9.17, 15) is 29.4 Å². The van der Waals surface area contributed by atoms with Crippen molar-refractivity contribution in [2.24, 2.45) is 20.8 Å². The lowest BCUT2D eigenvalue weighted by atomic mass is 9.73. The number of aliphatic carboxylic acids is 2. The van der Waals surface area contributed by atoms with E-state index in [0.29, 0.717) is 25.7 Å². The van der Waals surface area contributed by atoms with Gasteiger partial charge in [0, 0.05) is 25.7 Å². The molecule has 0 saturated heterocycles. The number of hydrogen-bond acceptors (Lipinski definition) is 8. The van der Waals surface area contributed by atoms with Crippen molar-refractivity contribution < 1.29 is 39.6 Å². The Morgan fingerprint density at radius 2 is 1.00 bits per heavy atom. The number of allylic oxidation sites excluding steroid dienone is 4. The first-order valence-corrected chi connectivity index (χ1v) is 12.0. The molecule has 0 aromatic heterocycles. The number of carboxylic acids is 2. The summed E-state index contributed by atoms with van der Waals surface area (Å²) in [6.45, 7) is 6.54. The SMILES string of the molecule is CC1(C)CC(=O)/C(=C(\O)CCCC/C(O)=C2\C(=O)CC(C)(C)CC2=NCC(=O)O)C(=NCC(=O)O)C1. The number of Topliss-reactive ketones (excluding diaryl/α,β-unsaturated/α-hetero) is 2. The number of ketones is 2. The molecule has 2 aliphatic rings. The van der Waals surface area contributed by atoms with Gasteiger partial charge in [0.05, 0.1) is 22.6 Å². The normalized spacial score (nSPS) is 24.7. The summed E-state index contributed by atoms with van der Waals surface area (Å²) in [5.41, 5.74) is -0.0579. The van der Waals surface area contributed by atoms with Crippen LogP contribution in [0.3, 0.4) is 0 Å². The lowest BCUT2D eigenvalue weighted by Gasteiger charge is -2.31. The summed E-state index contributed by atoms with van der Waals surface area (Å²) in [7, 11) is 0. The molecule has 2 fully saturated rings. The maximum atomic E-state index is 12.7. The van der Waals surface area contributed by atoms with E-state index in [-0.39, 0.29) is 71.3 Å². The van der Waals surface area contributed by atoms with Gasteiger partial charge in [-0.15, -0.1) is 0 Å². The number of carbonyl (C=O) groups excluding carboxylic acids is 2. The minimum absolute atomic E-state index is 0.0749. The smallest absolute Gasteiger partial charge is 0.325 e. The second-order valence-electron chi connectivity index (χ2n) is 11.0. The molecule has 0 heterocycles. The maximum absolute atomic E-state index is 12.7. The zero-order valence-electron chi connectivity index (χ0n) is 21.4. The van der Waals surface area contributed by atoms with Gasteiger partial charge >= 0.3 is 11.9 Å². The average molecular weight is 505 g/mol. The maximum Gasteiger partial charge on any atom is 0.325 e. The highest BCUT2D eigenvalue weighted by Crippen LogP contribution is 2.37. The van der Waals surface area contributed by atoms with Crippen LogP contribution in [-0.4, -0.2) is 68.4 Å². The molecule has 0 atom stereocenters. The van der Waals surface area contributed by atoms with Crippen molar-refractivity contribution in [2.75, 3.05) is 13.1 Å². The van der Waals surface area contributed by atoms with E-state index >= 15 is 0 Å². The van der Waals surface area contributed by atoms with E-state index in [2.05, 4.69) is 9.98 Å². The van der Waals surface area contributed by atoms with E-state index in [1.165, 1.54) is 0 Å².